The Morgan fingerprint density at radius 1 is 0.333 bits per heavy atom. The molecule has 138 valence electrons. The van der Waals surface area contributed by atoms with E-state index in [0.717, 1.165) is 22.3 Å². The third-order valence-corrected chi connectivity index (χ3v) is 5.67. The first-order valence-corrected chi connectivity index (χ1v) is 9.96. The number of hydrogen-bond acceptors (Lipinski definition) is 0. The molecule has 0 atom stereocenters. The van der Waals surface area contributed by atoms with E-state index >= 15 is 0 Å². The van der Waals surface area contributed by atoms with Gasteiger partial charge in [-0.1, -0.05) is 23.7 Å². The lowest BCUT2D eigenvalue weighted by atomic mass is 9.83. The third kappa shape index (κ3) is 2.42. The average Bonchev–Trinajstić information content (AvgIpc) is 2.74. The van der Waals surface area contributed by atoms with Crippen LogP contribution in [0, 0.1) is 47.4 Å². The first-order chi connectivity index (χ1) is 14.7. The molecule has 0 unspecified atom stereocenters. The van der Waals surface area contributed by atoms with E-state index in [0.29, 0.717) is 0 Å². The fourth-order valence-corrected chi connectivity index (χ4v) is 4.41. The molecule has 0 radical (unpaired) electrons. The summed E-state index contributed by atoms with van der Waals surface area (Å²) in [5, 5.41) is 10.3. The highest BCUT2D eigenvalue weighted by atomic mass is 14.2. The Morgan fingerprint density at radius 2 is 0.533 bits per heavy atom. The van der Waals surface area contributed by atoms with Gasteiger partial charge in [0.2, 0.25) is 0 Å². The first kappa shape index (κ1) is 18.0. The smallest absolute Gasteiger partial charge is 0.0408 e. The van der Waals surface area contributed by atoms with Crippen LogP contribution < -0.4 is 0 Å². The van der Waals surface area contributed by atoms with Gasteiger partial charge < -0.3 is 0 Å². The number of fused-ring (bicyclic) bond motifs is 8. The third-order valence-electron chi connectivity index (χ3n) is 5.67. The van der Waals surface area contributed by atoms with Crippen molar-refractivity contribution in [2.45, 2.75) is 27.7 Å². The molecule has 30 heavy (non-hydrogen) atoms. The average molecular weight is 378 g/mol. The normalized spacial score (nSPS) is 10.3. The molecule has 0 aliphatic rings. The topological polar surface area (TPSA) is 0 Å². The van der Waals surface area contributed by atoms with Crippen molar-refractivity contribution in [2.24, 2.45) is 0 Å². The van der Waals surface area contributed by atoms with Crippen LogP contribution in [0.2, 0.25) is 0 Å². The van der Waals surface area contributed by atoms with E-state index < -0.39 is 0 Å². The van der Waals surface area contributed by atoms with Crippen molar-refractivity contribution in [1.82, 2.24) is 0 Å². The van der Waals surface area contributed by atoms with Gasteiger partial charge in [0.1, 0.15) is 0 Å². The standard InChI is InChI=1S/C30H18/c1-5-9-19-13-23-24(14-20(19)10-6-2)28-18-30-26-16-22(12-8-4)21(11-7-3)15-25(26)29(30)17-27(23)28/h13-18H,1-4H3. The zero-order chi connectivity index (χ0) is 20.8. The zero-order valence-corrected chi connectivity index (χ0v) is 17.5. The van der Waals surface area contributed by atoms with Crippen LogP contribution in [0.4, 0.5) is 0 Å². The molecule has 5 aromatic rings. The molecule has 5 aromatic carbocycles. The maximum Gasteiger partial charge on any atom is 0.0408 e. The van der Waals surface area contributed by atoms with Gasteiger partial charge in [0, 0.05) is 22.3 Å². The van der Waals surface area contributed by atoms with Crippen LogP contribution in [-0.4, -0.2) is 0 Å². The molecule has 0 saturated heterocycles. The molecule has 0 nitrogen and oxygen atoms in total. The molecular formula is C30H18. The lowest BCUT2D eigenvalue weighted by Gasteiger charge is -2.19. The van der Waals surface area contributed by atoms with Gasteiger partial charge in [0.25, 0.3) is 0 Å². The van der Waals surface area contributed by atoms with E-state index in [9.17, 15) is 0 Å². The maximum absolute atomic E-state index is 3.21. The van der Waals surface area contributed by atoms with Crippen molar-refractivity contribution < 1.29 is 0 Å². The maximum atomic E-state index is 3.21. The Labute approximate surface area is 176 Å². The van der Waals surface area contributed by atoms with Crippen molar-refractivity contribution in [1.29, 1.82) is 0 Å². The lowest BCUT2D eigenvalue weighted by Crippen LogP contribution is -1.95. The van der Waals surface area contributed by atoms with E-state index in [1.54, 1.807) is 0 Å². The van der Waals surface area contributed by atoms with E-state index in [2.05, 4.69) is 83.8 Å². The second-order valence-corrected chi connectivity index (χ2v) is 7.33. The molecule has 0 saturated carbocycles. The number of hydrogen-bond donors (Lipinski definition) is 0. The summed E-state index contributed by atoms with van der Waals surface area (Å²) in [7, 11) is 0. The lowest BCUT2D eigenvalue weighted by molar-refractivity contribution is 1.63. The molecular weight excluding hydrogens is 360 g/mol. The van der Waals surface area contributed by atoms with E-state index in [4.69, 9.17) is 0 Å². The molecule has 0 aliphatic heterocycles. The van der Waals surface area contributed by atoms with Gasteiger partial charge in [-0.2, -0.15) is 0 Å². The second-order valence-electron chi connectivity index (χ2n) is 7.33. The van der Waals surface area contributed by atoms with E-state index in [-0.39, 0.29) is 0 Å². The van der Waals surface area contributed by atoms with Crippen LogP contribution in [-0.2, 0) is 0 Å². The van der Waals surface area contributed by atoms with Crippen molar-refractivity contribution >= 4 is 43.1 Å². The van der Waals surface area contributed by atoms with Gasteiger partial charge in [0.05, 0.1) is 0 Å². The highest BCUT2D eigenvalue weighted by molar-refractivity contribution is 6.35. The van der Waals surface area contributed by atoms with Gasteiger partial charge in [0.15, 0.2) is 0 Å². The Bertz CT molecular complexity index is 1470. The van der Waals surface area contributed by atoms with Crippen molar-refractivity contribution in [3.05, 3.63) is 58.7 Å². The Hall–Kier alpha value is -4.10. The summed E-state index contributed by atoms with van der Waals surface area (Å²) in [6, 6.07) is 13.4. The molecule has 0 spiro atoms. The Morgan fingerprint density at radius 3 is 0.733 bits per heavy atom. The summed E-state index contributed by atoms with van der Waals surface area (Å²) in [5.74, 6) is 24.9. The number of benzene rings is 3. The summed E-state index contributed by atoms with van der Waals surface area (Å²) in [4.78, 5) is 0. The van der Waals surface area contributed by atoms with Crippen LogP contribution in [0.5, 0.6) is 0 Å². The van der Waals surface area contributed by atoms with Crippen molar-refractivity contribution in [3.8, 4) is 47.4 Å². The molecule has 0 bridgehead atoms. The SMILES string of the molecule is CC#Cc1cc2c(cc1C#CC)c1cc3c4cc(C#CC)c(C#CC)cc4c3cc21. The molecule has 0 aromatic heterocycles. The fourth-order valence-electron chi connectivity index (χ4n) is 4.41. The monoisotopic (exact) mass is 378 g/mol. The van der Waals surface area contributed by atoms with Crippen LogP contribution in [0.15, 0.2) is 36.4 Å². The van der Waals surface area contributed by atoms with Crippen LogP contribution in [0.3, 0.4) is 0 Å². The van der Waals surface area contributed by atoms with Gasteiger partial charge in [-0.25, -0.2) is 0 Å². The molecule has 0 aliphatic carbocycles. The van der Waals surface area contributed by atoms with Gasteiger partial charge in [-0.3, -0.25) is 0 Å². The number of rotatable bonds is 0. The largest absolute Gasteiger partial charge is 0.101 e. The summed E-state index contributed by atoms with van der Waals surface area (Å²) in [5.41, 5.74) is 4.01. The second kappa shape index (κ2) is 6.75. The molecule has 0 fully saturated rings. The summed E-state index contributed by atoms with van der Waals surface area (Å²) in [6.07, 6.45) is 0. The minimum atomic E-state index is 1.00. The van der Waals surface area contributed by atoms with Crippen molar-refractivity contribution in [3.63, 3.8) is 0 Å². The van der Waals surface area contributed by atoms with E-state index in [1.807, 2.05) is 27.7 Å². The quantitative estimate of drug-likeness (QED) is 0.264. The molecule has 0 heterocycles. The van der Waals surface area contributed by atoms with Gasteiger partial charge in [-0.05, 0) is 107 Å². The predicted molar refractivity (Wildman–Crippen MR) is 129 cm³/mol. The molecule has 0 heteroatoms. The summed E-state index contributed by atoms with van der Waals surface area (Å²) in [6.45, 7) is 7.46. The zero-order valence-electron chi connectivity index (χ0n) is 17.5. The van der Waals surface area contributed by atoms with Gasteiger partial charge >= 0.3 is 0 Å². The first-order valence-electron chi connectivity index (χ1n) is 9.96. The van der Waals surface area contributed by atoms with Crippen molar-refractivity contribution in [2.75, 3.05) is 0 Å². The summed E-state index contributed by atoms with van der Waals surface area (Å²) < 4.78 is 0. The van der Waals surface area contributed by atoms with E-state index in [1.165, 1.54) is 43.1 Å². The van der Waals surface area contributed by atoms with Crippen LogP contribution >= 0.6 is 0 Å². The molecule has 0 N–H and O–H groups in total. The molecule has 5 rings (SSSR count). The van der Waals surface area contributed by atoms with Gasteiger partial charge in [-0.15, -0.1) is 23.7 Å². The minimum Gasteiger partial charge on any atom is -0.101 e. The summed E-state index contributed by atoms with van der Waals surface area (Å²) >= 11 is 0. The van der Waals surface area contributed by atoms with Crippen LogP contribution in [0.25, 0.3) is 43.1 Å². The molecule has 0 amide bonds. The van der Waals surface area contributed by atoms with Crippen LogP contribution in [0.1, 0.15) is 49.9 Å². The Balaban J connectivity index is 1.81. The highest BCUT2D eigenvalue weighted by Gasteiger charge is 2.18. The minimum absolute atomic E-state index is 1.00. The predicted octanol–water partition coefficient (Wildman–Crippen LogP) is 6.66. The fraction of sp³-hybridized carbons (Fsp3) is 0.133. The Kier molecular flexibility index (Phi) is 4.04. The highest BCUT2D eigenvalue weighted by Crippen LogP contribution is 2.45.